The molecule has 0 N–H and O–H groups in total. The lowest BCUT2D eigenvalue weighted by Crippen LogP contribution is -2.32. The van der Waals surface area contributed by atoms with E-state index in [4.69, 9.17) is 4.42 Å². The minimum atomic E-state index is -0.00341. The first-order valence-electron chi connectivity index (χ1n) is 7.99. The maximum atomic E-state index is 13.2. The van der Waals surface area contributed by atoms with Crippen molar-refractivity contribution in [1.82, 2.24) is 14.5 Å². The van der Waals surface area contributed by atoms with Crippen LogP contribution in [0.25, 0.3) is 11.3 Å². The maximum Gasteiger partial charge on any atom is 0.271 e. The summed E-state index contributed by atoms with van der Waals surface area (Å²) in [5.41, 5.74) is 3.60. The summed E-state index contributed by atoms with van der Waals surface area (Å²) in [5.74, 6) is 0.715. The van der Waals surface area contributed by atoms with E-state index < -0.39 is 0 Å². The summed E-state index contributed by atoms with van der Waals surface area (Å²) < 4.78 is 7.42. The number of aryl methyl sites for hydroxylation is 2. The topological polar surface area (TPSA) is 51.3 Å². The third-order valence-corrected chi connectivity index (χ3v) is 4.13. The van der Waals surface area contributed by atoms with Crippen molar-refractivity contribution in [3.63, 3.8) is 0 Å². The highest BCUT2D eigenvalue weighted by molar-refractivity contribution is 5.99. The van der Waals surface area contributed by atoms with E-state index in [2.05, 4.69) is 4.98 Å². The summed E-state index contributed by atoms with van der Waals surface area (Å²) >= 11 is 0. The van der Waals surface area contributed by atoms with E-state index in [-0.39, 0.29) is 5.91 Å². The van der Waals surface area contributed by atoms with E-state index in [1.807, 2.05) is 60.8 Å². The molecule has 0 saturated carbocycles. The number of hydrogen-bond acceptors (Lipinski definition) is 3. The van der Waals surface area contributed by atoms with Crippen LogP contribution in [0.4, 0.5) is 0 Å². The van der Waals surface area contributed by atoms with E-state index >= 15 is 0 Å². The maximum absolute atomic E-state index is 13.2. The first-order valence-corrected chi connectivity index (χ1v) is 7.99. The minimum absolute atomic E-state index is 0.00341. The average Bonchev–Trinajstić information content (AvgIpc) is 3.20. The molecular weight excluding hydrogens is 302 g/mol. The highest BCUT2D eigenvalue weighted by Crippen LogP contribution is 2.30. The van der Waals surface area contributed by atoms with E-state index in [0.717, 1.165) is 22.5 Å². The van der Waals surface area contributed by atoms with Gasteiger partial charge < -0.3 is 13.9 Å². The molecule has 0 atom stereocenters. The molecule has 0 aromatic carbocycles. The van der Waals surface area contributed by atoms with Crippen LogP contribution < -0.4 is 0 Å². The summed E-state index contributed by atoms with van der Waals surface area (Å²) in [6, 6.07) is 7.59. The molecule has 0 aliphatic carbocycles. The number of nitrogens with zero attached hydrogens (tertiary/aromatic N) is 3. The van der Waals surface area contributed by atoms with Gasteiger partial charge in [0.05, 0.1) is 11.8 Å². The van der Waals surface area contributed by atoms with Gasteiger partial charge in [0.25, 0.3) is 5.91 Å². The second-order valence-electron chi connectivity index (χ2n) is 5.80. The summed E-state index contributed by atoms with van der Waals surface area (Å²) in [6.07, 6.45) is 7.08. The van der Waals surface area contributed by atoms with Crippen molar-refractivity contribution < 1.29 is 9.21 Å². The minimum Gasteiger partial charge on any atom is -0.464 e. The third-order valence-electron chi connectivity index (χ3n) is 4.13. The normalized spacial score (nSPS) is 10.8. The Bertz CT molecular complexity index is 820. The molecule has 1 amide bonds. The molecule has 0 spiro atoms. The monoisotopic (exact) mass is 323 g/mol. The molecule has 5 nitrogen and oxygen atoms in total. The molecule has 24 heavy (non-hydrogen) atoms. The fourth-order valence-electron chi connectivity index (χ4n) is 2.96. The zero-order valence-electron chi connectivity index (χ0n) is 14.2. The number of hydrogen-bond donors (Lipinski definition) is 0. The summed E-state index contributed by atoms with van der Waals surface area (Å²) in [5, 5.41) is 0. The SMILES string of the molecule is CCN(Cc1ccncc1)C(=O)c1c(-c2ccco2)c(C)cn1C. The van der Waals surface area contributed by atoms with Crippen molar-refractivity contribution in [1.29, 1.82) is 0 Å². The van der Waals surface area contributed by atoms with E-state index in [0.29, 0.717) is 18.8 Å². The number of aromatic nitrogens is 2. The smallest absolute Gasteiger partial charge is 0.271 e. The Morgan fingerprint density at radius 2 is 2.04 bits per heavy atom. The van der Waals surface area contributed by atoms with Crippen LogP contribution in [-0.2, 0) is 13.6 Å². The van der Waals surface area contributed by atoms with Gasteiger partial charge in [-0.3, -0.25) is 9.78 Å². The average molecular weight is 323 g/mol. The Morgan fingerprint density at radius 1 is 1.29 bits per heavy atom. The number of amides is 1. The van der Waals surface area contributed by atoms with Crippen LogP contribution >= 0.6 is 0 Å². The number of pyridine rings is 1. The van der Waals surface area contributed by atoms with Crippen LogP contribution in [0.3, 0.4) is 0 Å². The van der Waals surface area contributed by atoms with Crippen molar-refractivity contribution in [2.45, 2.75) is 20.4 Å². The quantitative estimate of drug-likeness (QED) is 0.720. The zero-order chi connectivity index (χ0) is 17.1. The van der Waals surface area contributed by atoms with Gasteiger partial charge in [-0.15, -0.1) is 0 Å². The molecular formula is C19H21N3O2. The highest BCUT2D eigenvalue weighted by atomic mass is 16.3. The molecule has 3 rings (SSSR count). The van der Waals surface area contributed by atoms with E-state index in [9.17, 15) is 4.79 Å². The lowest BCUT2D eigenvalue weighted by Gasteiger charge is -2.22. The van der Waals surface area contributed by atoms with Crippen LogP contribution in [-0.4, -0.2) is 26.9 Å². The van der Waals surface area contributed by atoms with Crippen LogP contribution in [0.1, 0.15) is 28.5 Å². The second-order valence-corrected chi connectivity index (χ2v) is 5.80. The number of carbonyl (C=O) groups excluding carboxylic acids is 1. The van der Waals surface area contributed by atoms with Crippen molar-refractivity contribution in [2.24, 2.45) is 7.05 Å². The Hall–Kier alpha value is -2.82. The molecule has 3 heterocycles. The Morgan fingerprint density at radius 3 is 2.67 bits per heavy atom. The predicted octanol–water partition coefficient (Wildman–Crippen LogP) is 3.65. The van der Waals surface area contributed by atoms with Crippen LogP contribution in [0.15, 0.2) is 53.5 Å². The third kappa shape index (κ3) is 2.97. The first-order chi connectivity index (χ1) is 11.6. The van der Waals surface area contributed by atoms with Crippen molar-refractivity contribution in [3.8, 4) is 11.3 Å². The number of furan rings is 1. The molecule has 124 valence electrons. The molecule has 0 fully saturated rings. The van der Waals surface area contributed by atoms with Gasteiger partial charge in [0.15, 0.2) is 0 Å². The van der Waals surface area contributed by atoms with E-state index in [1.165, 1.54) is 0 Å². The molecule has 5 heteroatoms. The summed E-state index contributed by atoms with van der Waals surface area (Å²) in [6.45, 7) is 5.16. The second kappa shape index (κ2) is 6.74. The largest absolute Gasteiger partial charge is 0.464 e. The zero-order valence-corrected chi connectivity index (χ0v) is 14.2. The molecule has 0 unspecified atom stereocenters. The van der Waals surface area contributed by atoms with Gasteiger partial charge in [0.1, 0.15) is 11.5 Å². The van der Waals surface area contributed by atoms with Crippen LogP contribution in [0.2, 0.25) is 0 Å². The number of carbonyl (C=O) groups is 1. The summed E-state index contributed by atoms with van der Waals surface area (Å²) in [7, 11) is 1.90. The molecule has 0 saturated heterocycles. The Kier molecular flexibility index (Phi) is 4.51. The van der Waals surface area contributed by atoms with Gasteiger partial charge in [0.2, 0.25) is 0 Å². The lowest BCUT2D eigenvalue weighted by molar-refractivity contribution is 0.0743. The van der Waals surface area contributed by atoms with Crippen molar-refractivity contribution >= 4 is 5.91 Å². The fraction of sp³-hybridized carbons (Fsp3) is 0.263. The van der Waals surface area contributed by atoms with Crippen molar-refractivity contribution in [3.05, 3.63) is 65.9 Å². The molecule has 3 aromatic rings. The molecule has 0 bridgehead atoms. The van der Waals surface area contributed by atoms with Crippen LogP contribution in [0, 0.1) is 6.92 Å². The van der Waals surface area contributed by atoms with Gasteiger partial charge >= 0.3 is 0 Å². The Labute approximate surface area is 141 Å². The predicted molar refractivity (Wildman–Crippen MR) is 92.5 cm³/mol. The first kappa shape index (κ1) is 16.1. The van der Waals surface area contributed by atoms with Crippen LogP contribution in [0.5, 0.6) is 0 Å². The van der Waals surface area contributed by atoms with E-state index in [1.54, 1.807) is 18.7 Å². The van der Waals surface area contributed by atoms with Gasteiger partial charge in [0, 0.05) is 38.7 Å². The lowest BCUT2D eigenvalue weighted by atomic mass is 10.1. The molecule has 0 aliphatic heterocycles. The van der Waals surface area contributed by atoms with Gasteiger partial charge in [-0.05, 0) is 49.2 Å². The molecule has 3 aromatic heterocycles. The van der Waals surface area contributed by atoms with Gasteiger partial charge in [-0.1, -0.05) is 0 Å². The number of rotatable bonds is 5. The van der Waals surface area contributed by atoms with Gasteiger partial charge in [-0.2, -0.15) is 0 Å². The Balaban J connectivity index is 1.97. The fourth-order valence-corrected chi connectivity index (χ4v) is 2.96. The highest BCUT2D eigenvalue weighted by Gasteiger charge is 2.25. The molecule has 0 radical (unpaired) electrons. The standard InChI is InChI=1S/C19H21N3O2/c1-4-22(13-15-7-9-20-10-8-15)19(23)18-17(14(2)12-21(18)3)16-6-5-11-24-16/h5-12H,4,13H2,1-3H3. The van der Waals surface area contributed by atoms with Crippen molar-refractivity contribution in [2.75, 3.05) is 6.54 Å². The molecule has 0 aliphatic rings. The summed E-state index contributed by atoms with van der Waals surface area (Å²) in [4.78, 5) is 19.0. The van der Waals surface area contributed by atoms with Gasteiger partial charge in [-0.25, -0.2) is 0 Å².